The summed E-state index contributed by atoms with van der Waals surface area (Å²) in [5.41, 5.74) is 0.487. The Kier molecular flexibility index (Phi) is 4.83. The predicted octanol–water partition coefficient (Wildman–Crippen LogP) is 1.92. The van der Waals surface area contributed by atoms with Crippen molar-refractivity contribution in [1.29, 1.82) is 0 Å². The first-order chi connectivity index (χ1) is 13.9. The zero-order valence-electron chi connectivity index (χ0n) is 17.0. The fraction of sp³-hybridized carbons (Fsp3) is 0.864. The van der Waals surface area contributed by atoms with Gasteiger partial charge < -0.3 is 29.5 Å². The lowest BCUT2D eigenvalue weighted by Crippen LogP contribution is -2.69. The number of ketones is 1. The Morgan fingerprint density at radius 2 is 1.97 bits per heavy atom. The van der Waals surface area contributed by atoms with Gasteiger partial charge in [-0.2, -0.15) is 0 Å². The Balaban J connectivity index is 1.50. The van der Waals surface area contributed by atoms with Gasteiger partial charge in [0.05, 0.1) is 18.1 Å². The first kappa shape index (κ1) is 19.9. The lowest BCUT2D eigenvalue weighted by atomic mass is 9.62. The molecular formula is C22H32O7. The standard InChI is InChI=1S/C22H32O7/c1-2-3-4-5-6-14-16-11-12-18-15(8-7-13(23)19(18)25)29-22(26)17(24)9-10-21(27-14,28-16)20(12)22/h12-14,16-17,20,23-24,26H,2-11H2,1H3/t12-,13+,14-,16-,17+,20+,21+,22+/m0/s1. The van der Waals surface area contributed by atoms with Crippen LogP contribution in [0.4, 0.5) is 0 Å². The number of ether oxygens (including phenoxy) is 3. The molecule has 1 saturated carbocycles. The summed E-state index contributed by atoms with van der Waals surface area (Å²) in [6, 6.07) is 0. The molecule has 3 N–H and O–H groups in total. The molecule has 2 bridgehead atoms. The Morgan fingerprint density at radius 1 is 1.14 bits per heavy atom. The van der Waals surface area contributed by atoms with Crippen LogP contribution in [0.5, 0.6) is 0 Å². The van der Waals surface area contributed by atoms with E-state index in [1.807, 2.05) is 0 Å². The number of allylic oxidation sites excluding steroid dienone is 1. The van der Waals surface area contributed by atoms with E-state index in [1.165, 1.54) is 12.8 Å². The highest BCUT2D eigenvalue weighted by Crippen LogP contribution is 2.62. The van der Waals surface area contributed by atoms with Gasteiger partial charge in [0.15, 0.2) is 11.6 Å². The molecule has 7 nitrogen and oxygen atoms in total. The number of carbonyl (C=O) groups excluding carboxylic acids is 1. The minimum atomic E-state index is -1.83. The van der Waals surface area contributed by atoms with Crippen LogP contribution in [0.3, 0.4) is 0 Å². The largest absolute Gasteiger partial charge is 0.463 e. The van der Waals surface area contributed by atoms with Crippen molar-refractivity contribution in [2.24, 2.45) is 11.8 Å². The maximum atomic E-state index is 12.9. The minimum Gasteiger partial charge on any atom is -0.463 e. The van der Waals surface area contributed by atoms with Crippen molar-refractivity contribution in [2.45, 2.75) is 107 Å². The molecule has 0 amide bonds. The van der Waals surface area contributed by atoms with E-state index in [1.54, 1.807) is 0 Å². The van der Waals surface area contributed by atoms with Crippen LogP contribution in [0, 0.1) is 11.8 Å². The number of rotatable bonds is 5. The first-order valence-corrected chi connectivity index (χ1v) is 11.3. The van der Waals surface area contributed by atoms with E-state index in [0.717, 1.165) is 19.3 Å². The first-order valence-electron chi connectivity index (χ1n) is 11.3. The van der Waals surface area contributed by atoms with Crippen LogP contribution in [0.25, 0.3) is 0 Å². The van der Waals surface area contributed by atoms with Gasteiger partial charge in [0.2, 0.25) is 5.79 Å². The van der Waals surface area contributed by atoms with Crippen LogP contribution in [0.15, 0.2) is 11.3 Å². The molecule has 1 spiro atoms. The van der Waals surface area contributed by atoms with Crippen molar-refractivity contribution >= 4 is 5.78 Å². The summed E-state index contributed by atoms with van der Waals surface area (Å²) in [5, 5.41) is 32.3. The van der Waals surface area contributed by atoms with Gasteiger partial charge in [-0.15, -0.1) is 0 Å². The molecule has 3 fully saturated rings. The highest BCUT2D eigenvalue weighted by atomic mass is 16.8. The smallest absolute Gasteiger partial charge is 0.242 e. The second-order valence-electron chi connectivity index (χ2n) is 9.46. The van der Waals surface area contributed by atoms with Crippen LogP contribution >= 0.6 is 0 Å². The van der Waals surface area contributed by atoms with E-state index >= 15 is 0 Å². The van der Waals surface area contributed by atoms with Gasteiger partial charge >= 0.3 is 0 Å². The van der Waals surface area contributed by atoms with Crippen molar-refractivity contribution in [2.75, 3.05) is 0 Å². The summed E-state index contributed by atoms with van der Waals surface area (Å²) in [6.07, 6.45) is 5.12. The fourth-order valence-electron chi connectivity index (χ4n) is 6.34. The summed E-state index contributed by atoms with van der Waals surface area (Å²) in [5.74, 6) is -3.76. The highest BCUT2D eigenvalue weighted by molar-refractivity contribution is 6.00. The fourth-order valence-corrected chi connectivity index (χ4v) is 6.34. The van der Waals surface area contributed by atoms with Crippen molar-refractivity contribution in [3.63, 3.8) is 0 Å². The molecule has 2 saturated heterocycles. The van der Waals surface area contributed by atoms with Crippen molar-refractivity contribution in [3.8, 4) is 0 Å². The SMILES string of the molecule is CCCCCC[C@@H]1O[C@]23CC[C@@H](O)[C@@]4(O)OC5=C(C(=O)[C@H](O)CC5)[C@H](C[C@@H]1O2)[C@H]34. The molecule has 8 atom stereocenters. The number of unbranched alkanes of at least 4 members (excludes halogenated alkanes) is 3. The van der Waals surface area contributed by atoms with Crippen LogP contribution < -0.4 is 0 Å². The van der Waals surface area contributed by atoms with Gasteiger partial charge in [0, 0.05) is 24.3 Å². The minimum absolute atomic E-state index is 0.0791. The van der Waals surface area contributed by atoms with Crippen molar-refractivity contribution < 1.29 is 34.3 Å². The molecule has 0 aromatic carbocycles. The number of hydrogen-bond donors (Lipinski definition) is 3. The lowest BCUT2D eigenvalue weighted by molar-refractivity contribution is -0.385. The van der Waals surface area contributed by atoms with Crippen LogP contribution in [0.1, 0.15) is 71.1 Å². The zero-order chi connectivity index (χ0) is 20.4. The van der Waals surface area contributed by atoms with Gasteiger partial charge in [-0.3, -0.25) is 4.79 Å². The summed E-state index contributed by atoms with van der Waals surface area (Å²) in [7, 11) is 0. The van der Waals surface area contributed by atoms with E-state index in [2.05, 4.69) is 6.92 Å². The molecule has 3 heterocycles. The number of hydrogen-bond acceptors (Lipinski definition) is 7. The zero-order valence-corrected chi connectivity index (χ0v) is 17.0. The Hall–Kier alpha value is -0.990. The molecular weight excluding hydrogens is 376 g/mol. The Morgan fingerprint density at radius 3 is 2.76 bits per heavy atom. The number of carbonyl (C=O) groups is 1. The quantitative estimate of drug-likeness (QED) is 0.597. The van der Waals surface area contributed by atoms with Gasteiger partial charge in [-0.25, -0.2) is 0 Å². The second-order valence-corrected chi connectivity index (χ2v) is 9.46. The molecule has 7 heteroatoms. The molecule has 5 rings (SSSR count). The summed E-state index contributed by atoms with van der Waals surface area (Å²) >= 11 is 0. The molecule has 29 heavy (non-hydrogen) atoms. The van der Waals surface area contributed by atoms with Crippen molar-refractivity contribution in [3.05, 3.63) is 11.3 Å². The summed E-state index contributed by atoms with van der Waals surface area (Å²) in [6.45, 7) is 2.18. The van der Waals surface area contributed by atoms with Crippen LogP contribution in [-0.2, 0) is 19.0 Å². The third kappa shape index (κ3) is 2.85. The summed E-state index contributed by atoms with van der Waals surface area (Å²) < 4.78 is 18.8. The van der Waals surface area contributed by atoms with Gasteiger partial charge in [0.25, 0.3) is 0 Å². The van der Waals surface area contributed by atoms with Crippen LogP contribution in [0.2, 0.25) is 0 Å². The molecule has 5 aliphatic rings. The normalized spacial score (nSPS) is 48.2. The number of fused-ring (bicyclic) bond motifs is 2. The van der Waals surface area contributed by atoms with Gasteiger partial charge in [-0.05, 0) is 25.7 Å². The topological polar surface area (TPSA) is 105 Å². The van der Waals surface area contributed by atoms with Gasteiger partial charge in [0.1, 0.15) is 18.0 Å². The predicted molar refractivity (Wildman–Crippen MR) is 101 cm³/mol. The average Bonchev–Trinajstić information content (AvgIpc) is 2.96. The van der Waals surface area contributed by atoms with E-state index in [9.17, 15) is 20.1 Å². The van der Waals surface area contributed by atoms with Crippen molar-refractivity contribution in [1.82, 2.24) is 0 Å². The van der Waals surface area contributed by atoms with E-state index in [4.69, 9.17) is 14.2 Å². The average molecular weight is 408 g/mol. The molecule has 2 aliphatic carbocycles. The molecule has 162 valence electrons. The van der Waals surface area contributed by atoms with Crippen LogP contribution in [-0.4, -0.2) is 57.1 Å². The number of Topliss-reactive ketones (excluding diaryl/α,β-unsaturated/α-hetero) is 1. The monoisotopic (exact) mass is 408 g/mol. The Labute approximate surface area is 171 Å². The second kappa shape index (κ2) is 7.02. The maximum absolute atomic E-state index is 12.9. The molecule has 0 aromatic rings. The molecule has 3 aliphatic heterocycles. The van der Waals surface area contributed by atoms with E-state index in [-0.39, 0.29) is 30.3 Å². The molecule has 0 unspecified atom stereocenters. The highest BCUT2D eigenvalue weighted by Gasteiger charge is 2.72. The van der Waals surface area contributed by atoms with E-state index < -0.39 is 29.7 Å². The molecule has 0 radical (unpaired) electrons. The number of aliphatic hydroxyl groups excluding tert-OH is 2. The lowest BCUT2D eigenvalue weighted by Gasteiger charge is -2.58. The van der Waals surface area contributed by atoms with E-state index in [0.29, 0.717) is 37.0 Å². The third-order valence-corrected chi connectivity index (χ3v) is 7.68. The Bertz CT molecular complexity index is 720. The maximum Gasteiger partial charge on any atom is 0.242 e. The third-order valence-electron chi connectivity index (χ3n) is 7.68. The molecule has 0 aromatic heterocycles. The van der Waals surface area contributed by atoms with Gasteiger partial charge in [-0.1, -0.05) is 32.6 Å². The summed E-state index contributed by atoms with van der Waals surface area (Å²) in [4.78, 5) is 12.9. The number of aliphatic hydroxyl groups is 3.